The van der Waals surface area contributed by atoms with Crippen molar-refractivity contribution < 1.29 is 18.0 Å². The van der Waals surface area contributed by atoms with E-state index >= 15 is 0 Å². The Balaban J connectivity index is 1.77. The number of nitrogens with one attached hydrogen (secondary N) is 1. The van der Waals surface area contributed by atoms with Gasteiger partial charge in [0, 0.05) is 6.20 Å². The Morgan fingerprint density at radius 1 is 1.28 bits per heavy atom. The van der Waals surface area contributed by atoms with Crippen LogP contribution in [0.2, 0.25) is 5.02 Å². The maximum Gasteiger partial charge on any atom is 0.436 e. The molecule has 1 atom stereocenters. The molecule has 154 valence electrons. The van der Waals surface area contributed by atoms with E-state index < -0.39 is 23.8 Å². The third kappa shape index (κ3) is 4.64. The van der Waals surface area contributed by atoms with Crippen LogP contribution >= 0.6 is 27.5 Å². The van der Waals surface area contributed by atoms with Gasteiger partial charge in [0.15, 0.2) is 11.5 Å². The maximum atomic E-state index is 13.1. The van der Waals surface area contributed by atoms with E-state index in [0.29, 0.717) is 6.54 Å². The third-order valence-corrected chi connectivity index (χ3v) is 5.46. The molecule has 29 heavy (non-hydrogen) atoms. The number of amides is 1. The van der Waals surface area contributed by atoms with E-state index in [2.05, 4.69) is 31.4 Å². The van der Waals surface area contributed by atoms with Gasteiger partial charge in [-0.2, -0.15) is 23.4 Å². The summed E-state index contributed by atoms with van der Waals surface area (Å²) in [5.41, 5.74) is 0.0927. The summed E-state index contributed by atoms with van der Waals surface area (Å²) in [5, 5.41) is 10.6. The molecule has 0 aliphatic carbocycles. The normalized spacial score (nSPS) is 12.8. The molecule has 0 saturated carbocycles. The first-order valence-corrected chi connectivity index (χ1v) is 9.64. The summed E-state index contributed by atoms with van der Waals surface area (Å²) >= 11 is 9.05. The highest BCUT2D eigenvalue weighted by Crippen LogP contribution is 2.36. The van der Waals surface area contributed by atoms with Gasteiger partial charge in [-0.05, 0) is 35.3 Å². The van der Waals surface area contributed by atoms with Crippen molar-refractivity contribution in [3.8, 4) is 0 Å². The molecule has 2 heterocycles. The monoisotopic (exact) mass is 489 g/mol. The van der Waals surface area contributed by atoms with Crippen molar-refractivity contribution in [3.05, 3.63) is 63.0 Å². The van der Waals surface area contributed by atoms with Crippen molar-refractivity contribution >= 4 is 39.3 Å². The lowest BCUT2D eigenvalue weighted by Gasteiger charge is -2.13. The van der Waals surface area contributed by atoms with Gasteiger partial charge >= 0.3 is 6.18 Å². The van der Waals surface area contributed by atoms with Gasteiger partial charge in [-0.25, -0.2) is 0 Å². The van der Waals surface area contributed by atoms with Crippen LogP contribution in [0.1, 0.15) is 29.9 Å². The van der Waals surface area contributed by atoms with Crippen LogP contribution < -0.4 is 5.32 Å². The summed E-state index contributed by atoms with van der Waals surface area (Å²) in [6.07, 6.45) is -3.07. The minimum atomic E-state index is -4.63. The summed E-state index contributed by atoms with van der Waals surface area (Å²) in [7, 11) is 0. The van der Waals surface area contributed by atoms with Crippen molar-refractivity contribution in [1.82, 2.24) is 19.6 Å². The number of alkyl halides is 3. The molecule has 0 saturated heterocycles. The van der Waals surface area contributed by atoms with Gasteiger partial charge in [0.1, 0.15) is 11.1 Å². The van der Waals surface area contributed by atoms with Crippen molar-refractivity contribution in [1.29, 1.82) is 0 Å². The Morgan fingerprint density at radius 2 is 1.93 bits per heavy atom. The summed E-state index contributed by atoms with van der Waals surface area (Å²) in [4.78, 5) is 12.6. The van der Waals surface area contributed by atoms with Crippen molar-refractivity contribution in [2.24, 2.45) is 0 Å². The van der Waals surface area contributed by atoms with E-state index in [9.17, 15) is 18.0 Å². The summed E-state index contributed by atoms with van der Waals surface area (Å²) in [6, 6.07) is 8.51. The number of benzene rings is 1. The molecule has 0 bridgehead atoms. The Morgan fingerprint density at radius 3 is 2.52 bits per heavy atom. The van der Waals surface area contributed by atoms with Crippen molar-refractivity contribution in [2.45, 2.75) is 32.6 Å². The summed E-state index contributed by atoms with van der Waals surface area (Å²) in [6.45, 7) is 3.33. The molecule has 0 aliphatic rings. The largest absolute Gasteiger partial charge is 0.436 e. The number of halogens is 5. The smallest absolute Gasteiger partial charge is 0.306 e. The van der Waals surface area contributed by atoms with Gasteiger partial charge in [-0.15, -0.1) is 0 Å². The second kappa shape index (κ2) is 8.19. The summed E-state index contributed by atoms with van der Waals surface area (Å²) in [5.74, 6) is -0.469. The SMILES string of the molecule is Cc1c(Br)c(C(F)(F)F)nn1C(C)C(=O)Nc1nn(Cc2ccccc2)cc1Cl. The van der Waals surface area contributed by atoms with Crippen molar-refractivity contribution in [3.63, 3.8) is 0 Å². The Bertz CT molecular complexity index is 1030. The number of nitrogens with zero attached hydrogens (tertiary/aromatic N) is 4. The predicted molar refractivity (Wildman–Crippen MR) is 106 cm³/mol. The van der Waals surface area contributed by atoms with Crippen LogP contribution in [0.25, 0.3) is 0 Å². The average molecular weight is 491 g/mol. The Kier molecular flexibility index (Phi) is 6.04. The second-order valence-corrected chi connectivity index (χ2v) is 7.56. The molecular formula is C18H16BrClF3N5O. The first-order chi connectivity index (χ1) is 13.6. The molecule has 0 radical (unpaired) electrons. The standard InChI is InChI=1S/C18H16BrClF3N5O/c1-10-14(19)15(18(21,22)23)25-28(10)11(2)17(29)24-16-13(20)9-27(26-16)8-12-6-4-3-5-7-12/h3-7,9,11H,8H2,1-2H3,(H,24,26,29). The average Bonchev–Trinajstić information content (AvgIpc) is 3.14. The van der Waals surface area contributed by atoms with E-state index in [1.165, 1.54) is 13.8 Å². The summed E-state index contributed by atoms with van der Waals surface area (Å²) < 4.78 is 41.5. The second-order valence-electron chi connectivity index (χ2n) is 6.36. The molecular weight excluding hydrogens is 475 g/mol. The number of hydrogen-bond donors (Lipinski definition) is 1. The number of aromatic nitrogens is 4. The lowest BCUT2D eigenvalue weighted by molar-refractivity contribution is -0.142. The minimum Gasteiger partial charge on any atom is -0.306 e. The molecule has 11 heteroatoms. The fourth-order valence-electron chi connectivity index (χ4n) is 2.72. The first kappa shape index (κ1) is 21.4. The molecule has 1 amide bonds. The third-order valence-electron chi connectivity index (χ3n) is 4.24. The zero-order valence-corrected chi connectivity index (χ0v) is 17.7. The van der Waals surface area contributed by atoms with Crippen LogP contribution in [0.15, 0.2) is 41.0 Å². The fourth-order valence-corrected chi connectivity index (χ4v) is 3.41. The number of rotatable bonds is 5. The zero-order valence-electron chi connectivity index (χ0n) is 15.3. The predicted octanol–water partition coefficient (Wildman–Crippen LogP) is 5.07. The van der Waals surface area contributed by atoms with Crippen LogP contribution in [0.4, 0.5) is 19.0 Å². The number of carbonyl (C=O) groups is 1. The lowest BCUT2D eigenvalue weighted by atomic mass is 10.2. The number of hydrogen-bond acceptors (Lipinski definition) is 3. The lowest BCUT2D eigenvalue weighted by Crippen LogP contribution is -2.26. The zero-order chi connectivity index (χ0) is 21.3. The van der Waals surface area contributed by atoms with E-state index in [-0.39, 0.29) is 21.0 Å². The van der Waals surface area contributed by atoms with Gasteiger partial charge in [-0.3, -0.25) is 14.2 Å². The van der Waals surface area contributed by atoms with Crippen LogP contribution in [0, 0.1) is 6.92 Å². The van der Waals surface area contributed by atoms with Gasteiger partial charge in [0.25, 0.3) is 0 Å². The van der Waals surface area contributed by atoms with E-state index in [0.717, 1.165) is 10.2 Å². The molecule has 1 N–H and O–H groups in total. The van der Waals surface area contributed by atoms with Crippen molar-refractivity contribution in [2.75, 3.05) is 5.32 Å². The van der Waals surface area contributed by atoms with E-state index in [1.54, 1.807) is 10.9 Å². The highest BCUT2D eigenvalue weighted by molar-refractivity contribution is 9.10. The number of carbonyl (C=O) groups excluding carboxylic acids is 1. The van der Waals surface area contributed by atoms with Crippen LogP contribution in [0.3, 0.4) is 0 Å². The first-order valence-electron chi connectivity index (χ1n) is 8.47. The van der Waals surface area contributed by atoms with Crippen LogP contribution in [-0.4, -0.2) is 25.5 Å². The Hall–Kier alpha value is -2.33. The van der Waals surface area contributed by atoms with E-state index in [1.807, 2.05) is 30.3 Å². The van der Waals surface area contributed by atoms with Gasteiger partial charge < -0.3 is 5.32 Å². The molecule has 0 spiro atoms. The highest BCUT2D eigenvalue weighted by Gasteiger charge is 2.39. The molecule has 0 aliphatic heterocycles. The molecule has 2 aromatic heterocycles. The van der Waals surface area contributed by atoms with Crippen LogP contribution in [0.5, 0.6) is 0 Å². The molecule has 3 rings (SSSR count). The Labute approximate surface area is 177 Å². The molecule has 6 nitrogen and oxygen atoms in total. The molecule has 3 aromatic rings. The molecule has 0 fully saturated rings. The van der Waals surface area contributed by atoms with Gasteiger partial charge in [0.05, 0.1) is 16.7 Å². The van der Waals surface area contributed by atoms with E-state index in [4.69, 9.17) is 11.6 Å². The number of anilines is 1. The fraction of sp³-hybridized carbons (Fsp3) is 0.278. The minimum absolute atomic E-state index is 0.124. The van der Waals surface area contributed by atoms with Crippen LogP contribution in [-0.2, 0) is 17.5 Å². The topological polar surface area (TPSA) is 64.7 Å². The highest BCUT2D eigenvalue weighted by atomic mass is 79.9. The van der Waals surface area contributed by atoms with Gasteiger partial charge in [-0.1, -0.05) is 41.9 Å². The molecule has 1 aromatic carbocycles. The quantitative estimate of drug-likeness (QED) is 0.543. The maximum absolute atomic E-state index is 13.1. The molecule has 1 unspecified atom stereocenters. The van der Waals surface area contributed by atoms with Gasteiger partial charge in [0.2, 0.25) is 5.91 Å².